The van der Waals surface area contributed by atoms with E-state index < -0.39 is 17.4 Å². The molecule has 1 amide bonds. The number of nitrogens with zero attached hydrogens (tertiary/aromatic N) is 2. The number of nitriles is 1. The molecule has 8 nitrogen and oxygen atoms in total. The average Bonchev–Trinajstić information content (AvgIpc) is 2.57. The van der Waals surface area contributed by atoms with Crippen LogP contribution in [0.2, 0.25) is 5.02 Å². The average molecular weight is 358 g/mol. The molecule has 0 unspecified atom stereocenters. The highest BCUT2D eigenvalue weighted by Crippen LogP contribution is 2.22. The minimum atomic E-state index is -0.983. The van der Waals surface area contributed by atoms with Gasteiger partial charge in [0, 0.05) is 17.8 Å². The lowest BCUT2D eigenvalue weighted by molar-refractivity contribution is -0.114. The third-order valence-electron chi connectivity index (χ3n) is 2.96. The van der Waals surface area contributed by atoms with Crippen molar-refractivity contribution in [2.45, 2.75) is 0 Å². The van der Waals surface area contributed by atoms with Crippen LogP contribution in [0.3, 0.4) is 0 Å². The van der Waals surface area contributed by atoms with Gasteiger partial charge in [-0.2, -0.15) is 0 Å². The van der Waals surface area contributed by atoms with Gasteiger partial charge in [0.05, 0.1) is 10.7 Å². The van der Waals surface area contributed by atoms with E-state index in [-0.39, 0.29) is 5.71 Å². The zero-order valence-corrected chi connectivity index (χ0v) is 13.4. The van der Waals surface area contributed by atoms with Crippen molar-refractivity contribution < 1.29 is 14.3 Å². The lowest BCUT2D eigenvalue weighted by atomic mass is 10.0. The Labute approximate surface area is 147 Å². The molecule has 0 spiro atoms. The second-order valence-electron chi connectivity index (χ2n) is 4.61. The Hall–Kier alpha value is -3.57. The standard InChI is InChI=1S/C16H12ClN5O3/c17-10-3-6-12(22-7-10)25-11-4-1-9(2-5-11)14(19)13(15(20)23)16(21)24-8-18/h1-7,19H,21H2,(H2,20,23)/b16-13+,19-14?. The number of benzene rings is 1. The number of nitrogens with two attached hydrogens (primary N) is 2. The molecule has 0 saturated heterocycles. The van der Waals surface area contributed by atoms with Crippen LogP contribution >= 0.6 is 11.6 Å². The molecule has 9 heteroatoms. The molecule has 2 aromatic rings. The van der Waals surface area contributed by atoms with E-state index >= 15 is 0 Å². The molecule has 0 aliphatic rings. The number of carbonyl (C=O) groups is 1. The maximum absolute atomic E-state index is 11.5. The Balaban J connectivity index is 2.22. The van der Waals surface area contributed by atoms with Gasteiger partial charge in [0.25, 0.3) is 12.2 Å². The highest BCUT2D eigenvalue weighted by Gasteiger charge is 2.19. The van der Waals surface area contributed by atoms with Crippen molar-refractivity contribution in [2.75, 3.05) is 0 Å². The molecule has 0 fully saturated rings. The van der Waals surface area contributed by atoms with Crippen LogP contribution in [0.5, 0.6) is 11.6 Å². The Morgan fingerprint density at radius 3 is 2.40 bits per heavy atom. The van der Waals surface area contributed by atoms with Gasteiger partial charge in [-0.1, -0.05) is 11.6 Å². The van der Waals surface area contributed by atoms with E-state index in [0.717, 1.165) is 0 Å². The summed E-state index contributed by atoms with van der Waals surface area (Å²) in [5, 5.41) is 17.0. The predicted molar refractivity (Wildman–Crippen MR) is 89.7 cm³/mol. The first-order chi connectivity index (χ1) is 11.9. The zero-order chi connectivity index (χ0) is 18.4. The molecule has 1 aromatic heterocycles. The van der Waals surface area contributed by atoms with E-state index in [1.54, 1.807) is 24.3 Å². The summed E-state index contributed by atoms with van der Waals surface area (Å²) in [4.78, 5) is 15.5. The molecular formula is C16H12ClN5O3. The lowest BCUT2D eigenvalue weighted by Gasteiger charge is -2.09. The molecule has 0 saturated carbocycles. The second-order valence-corrected chi connectivity index (χ2v) is 5.05. The van der Waals surface area contributed by atoms with E-state index in [4.69, 9.17) is 38.5 Å². The van der Waals surface area contributed by atoms with Gasteiger partial charge in [-0.05, 0) is 30.3 Å². The van der Waals surface area contributed by atoms with Crippen molar-refractivity contribution in [2.24, 2.45) is 11.5 Å². The van der Waals surface area contributed by atoms with Crippen LogP contribution in [0.25, 0.3) is 0 Å². The van der Waals surface area contributed by atoms with E-state index in [1.807, 2.05) is 0 Å². The first kappa shape index (κ1) is 17.8. The Bertz CT molecular complexity index is 870. The molecule has 126 valence electrons. The minimum Gasteiger partial charge on any atom is -0.439 e. The number of hydrogen-bond acceptors (Lipinski definition) is 7. The monoisotopic (exact) mass is 357 g/mol. The summed E-state index contributed by atoms with van der Waals surface area (Å²) in [5.41, 5.74) is 10.3. The third-order valence-corrected chi connectivity index (χ3v) is 3.19. The number of amides is 1. The molecule has 0 bridgehead atoms. The van der Waals surface area contributed by atoms with Crippen molar-refractivity contribution >= 4 is 23.2 Å². The quantitative estimate of drug-likeness (QED) is 0.312. The number of aromatic nitrogens is 1. The number of carbonyl (C=O) groups excluding carboxylic acids is 1. The van der Waals surface area contributed by atoms with Crippen LogP contribution < -0.4 is 16.2 Å². The largest absolute Gasteiger partial charge is 0.439 e. The second kappa shape index (κ2) is 7.81. The van der Waals surface area contributed by atoms with Gasteiger partial charge in [0.1, 0.15) is 11.3 Å². The van der Waals surface area contributed by atoms with Crippen molar-refractivity contribution in [1.82, 2.24) is 4.98 Å². The van der Waals surface area contributed by atoms with Gasteiger partial charge in [0.2, 0.25) is 11.8 Å². The summed E-state index contributed by atoms with van der Waals surface area (Å²) in [6.07, 6.45) is 2.77. The summed E-state index contributed by atoms with van der Waals surface area (Å²) in [6.45, 7) is 0. The SMILES string of the molecule is N#CO/C(N)=C(\C(=N)c1ccc(Oc2ccc(Cl)cn2)cc1)C(N)=O. The van der Waals surface area contributed by atoms with Crippen LogP contribution in [0, 0.1) is 16.9 Å². The number of hydrogen-bond donors (Lipinski definition) is 3. The van der Waals surface area contributed by atoms with E-state index in [1.165, 1.54) is 24.6 Å². The number of nitrogens with one attached hydrogen (secondary N) is 1. The van der Waals surface area contributed by atoms with Crippen molar-refractivity contribution in [3.05, 3.63) is 64.6 Å². The maximum Gasteiger partial charge on any atom is 0.293 e. The lowest BCUT2D eigenvalue weighted by Crippen LogP contribution is -2.25. The smallest absolute Gasteiger partial charge is 0.293 e. The summed E-state index contributed by atoms with van der Waals surface area (Å²) < 4.78 is 9.92. The maximum atomic E-state index is 11.5. The summed E-state index contributed by atoms with van der Waals surface area (Å²) in [7, 11) is 0. The molecule has 0 radical (unpaired) electrons. The van der Waals surface area contributed by atoms with Crippen molar-refractivity contribution in [3.63, 3.8) is 0 Å². The molecule has 1 aromatic carbocycles. The van der Waals surface area contributed by atoms with Crippen molar-refractivity contribution in [3.8, 4) is 17.9 Å². The van der Waals surface area contributed by atoms with Crippen LogP contribution in [0.1, 0.15) is 5.56 Å². The van der Waals surface area contributed by atoms with Gasteiger partial charge in [-0.25, -0.2) is 4.98 Å². The molecule has 25 heavy (non-hydrogen) atoms. The van der Waals surface area contributed by atoms with E-state index in [2.05, 4.69) is 9.72 Å². The summed E-state index contributed by atoms with van der Waals surface area (Å²) in [5.74, 6) is -0.719. The Morgan fingerprint density at radius 1 is 1.20 bits per heavy atom. The summed E-state index contributed by atoms with van der Waals surface area (Å²) in [6, 6.07) is 9.43. The minimum absolute atomic E-state index is 0.281. The fourth-order valence-electron chi connectivity index (χ4n) is 1.85. The van der Waals surface area contributed by atoms with Gasteiger partial charge >= 0.3 is 0 Å². The first-order valence-corrected chi connectivity index (χ1v) is 7.14. The van der Waals surface area contributed by atoms with Crippen LogP contribution in [-0.2, 0) is 9.53 Å². The predicted octanol–water partition coefficient (Wildman–Crippen LogP) is 2.05. The molecule has 0 aliphatic carbocycles. The van der Waals surface area contributed by atoms with Crippen LogP contribution in [0.15, 0.2) is 54.1 Å². The molecule has 2 rings (SSSR count). The highest BCUT2D eigenvalue weighted by molar-refractivity contribution is 6.30. The van der Waals surface area contributed by atoms with Gasteiger partial charge in [-0.3, -0.25) is 10.2 Å². The van der Waals surface area contributed by atoms with Gasteiger partial charge < -0.3 is 20.9 Å². The fourth-order valence-corrected chi connectivity index (χ4v) is 1.96. The first-order valence-electron chi connectivity index (χ1n) is 6.76. The van der Waals surface area contributed by atoms with Crippen molar-refractivity contribution in [1.29, 1.82) is 10.7 Å². The normalized spacial score (nSPS) is 11.0. The third kappa shape index (κ3) is 4.46. The van der Waals surface area contributed by atoms with Crippen LogP contribution in [-0.4, -0.2) is 16.6 Å². The number of rotatable bonds is 6. The number of primary amides is 1. The Kier molecular flexibility index (Phi) is 5.55. The topological polar surface area (TPSA) is 148 Å². The molecular weight excluding hydrogens is 346 g/mol. The van der Waals surface area contributed by atoms with E-state index in [0.29, 0.717) is 22.2 Å². The summed E-state index contributed by atoms with van der Waals surface area (Å²) >= 11 is 5.75. The van der Waals surface area contributed by atoms with Gasteiger partial charge in [0.15, 0.2) is 0 Å². The highest BCUT2D eigenvalue weighted by atomic mass is 35.5. The van der Waals surface area contributed by atoms with Crippen LogP contribution in [0.4, 0.5) is 0 Å². The van der Waals surface area contributed by atoms with E-state index in [9.17, 15) is 4.79 Å². The molecule has 0 atom stereocenters. The number of ether oxygens (including phenoxy) is 2. The Morgan fingerprint density at radius 2 is 1.88 bits per heavy atom. The van der Waals surface area contributed by atoms with Gasteiger partial charge in [-0.15, -0.1) is 5.26 Å². The number of pyridine rings is 1. The molecule has 5 N–H and O–H groups in total. The zero-order valence-electron chi connectivity index (χ0n) is 12.7. The fraction of sp³-hybridized carbons (Fsp3) is 0. The molecule has 0 aliphatic heterocycles. The number of halogens is 1. The molecule has 1 heterocycles.